The van der Waals surface area contributed by atoms with Crippen LogP contribution in [-0.2, 0) is 9.53 Å². The van der Waals surface area contributed by atoms with Crippen LogP contribution in [0.4, 0.5) is 0 Å². The molecule has 0 amide bonds. The first-order valence-corrected chi connectivity index (χ1v) is 6.36. The summed E-state index contributed by atoms with van der Waals surface area (Å²) in [5, 5.41) is 0. The molecule has 0 unspecified atom stereocenters. The molecule has 1 rings (SSSR count). The van der Waals surface area contributed by atoms with Gasteiger partial charge in [-0.25, -0.2) is 4.79 Å². The third-order valence-corrected chi connectivity index (χ3v) is 2.53. The zero-order valence-corrected chi connectivity index (χ0v) is 11.8. The van der Waals surface area contributed by atoms with E-state index in [4.69, 9.17) is 9.47 Å². The zero-order valence-electron chi connectivity index (χ0n) is 11.8. The molecule has 0 N–H and O–H groups in total. The fourth-order valence-corrected chi connectivity index (χ4v) is 1.72. The zero-order chi connectivity index (χ0) is 14.4. The monoisotopic (exact) mass is 264 g/mol. The lowest BCUT2D eigenvalue weighted by Crippen LogP contribution is -2.19. The summed E-state index contributed by atoms with van der Waals surface area (Å²) in [4.78, 5) is 22.5. The van der Waals surface area contributed by atoms with Crippen molar-refractivity contribution in [2.24, 2.45) is 0 Å². The second kappa shape index (κ2) is 6.92. The first-order valence-electron chi connectivity index (χ1n) is 6.36. The number of hydrogen-bond donors (Lipinski definition) is 0. The number of benzene rings is 1. The van der Waals surface area contributed by atoms with Crippen LogP contribution in [0.3, 0.4) is 0 Å². The van der Waals surface area contributed by atoms with Gasteiger partial charge in [-0.15, -0.1) is 0 Å². The molecule has 0 fully saturated rings. The Bertz CT molecular complexity index is 449. The topological polar surface area (TPSA) is 52.6 Å². The highest BCUT2D eigenvalue weighted by Crippen LogP contribution is 2.29. The van der Waals surface area contributed by atoms with Crippen molar-refractivity contribution in [2.75, 3.05) is 6.61 Å². The van der Waals surface area contributed by atoms with E-state index in [-0.39, 0.29) is 18.6 Å². The SMILES string of the molecule is CC(C)OC(=O)COc1c(C=O)cccc1C(C)C. The van der Waals surface area contributed by atoms with E-state index in [1.807, 2.05) is 19.9 Å². The van der Waals surface area contributed by atoms with Crippen LogP contribution in [0, 0.1) is 0 Å². The summed E-state index contributed by atoms with van der Waals surface area (Å²) in [5.74, 6) is 0.231. The van der Waals surface area contributed by atoms with Crippen LogP contribution in [0.1, 0.15) is 49.5 Å². The summed E-state index contributed by atoms with van der Waals surface area (Å²) in [6.45, 7) is 7.36. The van der Waals surface area contributed by atoms with Gasteiger partial charge in [-0.05, 0) is 31.4 Å². The van der Waals surface area contributed by atoms with Gasteiger partial charge in [-0.3, -0.25) is 4.79 Å². The van der Waals surface area contributed by atoms with E-state index >= 15 is 0 Å². The molecule has 0 aromatic heterocycles. The lowest BCUT2D eigenvalue weighted by Gasteiger charge is -2.16. The molecule has 1 aromatic carbocycles. The molecule has 0 aliphatic heterocycles. The van der Waals surface area contributed by atoms with E-state index in [9.17, 15) is 9.59 Å². The third-order valence-electron chi connectivity index (χ3n) is 2.53. The number of hydrogen-bond acceptors (Lipinski definition) is 4. The third kappa shape index (κ3) is 4.39. The predicted octanol–water partition coefficient (Wildman–Crippen LogP) is 2.95. The number of ether oxygens (including phenoxy) is 2. The molecule has 0 saturated carbocycles. The Labute approximate surface area is 113 Å². The van der Waals surface area contributed by atoms with Crippen molar-refractivity contribution in [3.05, 3.63) is 29.3 Å². The van der Waals surface area contributed by atoms with Gasteiger partial charge < -0.3 is 9.47 Å². The predicted molar refractivity (Wildman–Crippen MR) is 72.6 cm³/mol. The van der Waals surface area contributed by atoms with Crippen LogP contribution in [0.5, 0.6) is 5.75 Å². The molecule has 0 saturated heterocycles. The second-order valence-electron chi connectivity index (χ2n) is 4.87. The molecule has 0 radical (unpaired) electrons. The summed E-state index contributed by atoms with van der Waals surface area (Å²) in [7, 11) is 0. The fourth-order valence-electron chi connectivity index (χ4n) is 1.72. The Morgan fingerprint density at radius 3 is 2.47 bits per heavy atom. The van der Waals surface area contributed by atoms with Gasteiger partial charge in [0.05, 0.1) is 11.7 Å². The smallest absolute Gasteiger partial charge is 0.344 e. The van der Waals surface area contributed by atoms with Gasteiger partial charge in [0.2, 0.25) is 0 Å². The average molecular weight is 264 g/mol. The van der Waals surface area contributed by atoms with Crippen molar-refractivity contribution < 1.29 is 19.1 Å². The van der Waals surface area contributed by atoms with Crippen molar-refractivity contribution in [3.63, 3.8) is 0 Å². The Morgan fingerprint density at radius 2 is 1.95 bits per heavy atom. The first kappa shape index (κ1) is 15.2. The highest BCUT2D eigenvalue weighted by molar-refractivity contribution is 5.81. The van der Waals surface area contributed by atoms with Crippen LogP contribution in [0.2, 0.25) is 0 Å². The maximum Gasteiger partial charge on any atom is 0.344 e. The summed E-state index contributed by atoms with van der Waals surface area (Å²) in [6.07, 6.45) is 0.552. The van der Waals surface area contributed by atoms with E-state index in [1.165, 1.54) is 0 Å². The van der Waals surface area contributed by atoms with Gasteiger partial charge in [0.25, 0.3) is 0 Å². The second-order valence-corrected chi connectivity index (χ2v) is 4.87. The van der Waals surface area contributed by atoms with E-state index in [1.54, 1.807) is 26.0 Å². The molecule has 0 aliphatic carbocycles. The minimum Gasteiger partial charge on any atom is -0.481 e. The van der Waals surface area contributed by atoms with Crippen molar-refractivity contribution in [1.29, 1.82) is 0 Å². The summed E-state index contributed by atoms with van der Waals surface area (Å²) in [5.41, 5.74) is 1.35. The maximum absolute atomic E-state index is 11.5. The van der Waals surface area contributed by atoms with Crippen LogP contribution in [0.25, 0.3) is 0 Å². The Hall–Kier alpha value is -1.84. The quantitative estimate of drug-likeness (QED) is 0.585. The average Bonchev–Trinajstić information content (AvgIpc) is 2.34. The molecule has 104 valence electrons. The maximum atomic E-state index is 11.5. The lowest BCUT2D eigenvalue weighted by molar-refractivity contribution is -0.149. The molecular formula is C15H20O4. The number of carbonyl (C=O) groups excluding carboxylic acids is 2. The molecule has 19 heavy (non-hydrogen) atoms. The number of rotatable bonds is 6. The van der Waals surface area contributed by atoms with Gasteiger partial charge in [0, 0.05) is 0 Å². The minimum atomic E-state index is -0.439. The van der Waals surface area contributed by atoms with Crippen LogP contribution in [0.15, 0.2) is 18.2 Å². The number of para-hydroxylation sites is 1. The molecule has 0 aliphatic rings. The highest BCUT2D eigenvalue weighted by atomic mass is 16.6. The normalized spacial score (nSPS) is 10.6. The van der Waals surface area contributed by atoms with Gasteiger partial charge in [0.15, 0.2) is 12.9 Å². The lowest BCUT2D eigenvalue weighted by atomic mass is 9.99. The van der Waals surface area contributed by atoms with Crippen molar-refractivity contribution >= 4 is 12.3 Å². The molecule has 0 bridgehead atoms. The Kier molecular flexibility index (Phi) is 5.55. The molecule has 4 nitrogen and oxygen atoms in total. The van der Waals surface area contributed by atoms with E-state index in [0.29, 0.717) is 11.3 Å². The molecular weight excluding hydrogens is 244 g/mol. The number of aldehydes is 1. The molecule has 0 spiro atoms. The standard InChI is InChI=1S/C15H20O4/c1-10(2)13-7-5-6-12(8-16)15(13)18-9-14(17)19-11(3)4/h5-8,10-11H,9H2,1-4H3. The summed E-state index contributed by atoms with van der Waals surface area (Å²) < 4.78 is 10.5. The Balaban J connectivity index is 2.86. The molecule has 0 heterocycles. The molecule has 1 aromatic rings. The van der Waals surface area contributed by atoms with E-state index < -0.39 is 5.97 Å². The number of carbonyl (C=O) groups is 2. The fraction of sp³-hybridized carbons (Fsp3) is 0.467. The van der Waals surface area contributed by atoms with Gasteiger partial charge in [0.1, 0.15) is 5.75 Å². The van der Waals surface area contributed by atoms with Crippen molar-refractivity contribution in [3.8, 4) is 5.75 Å². The Morgan fingerprint density at radius 1 is 1.26 bits per heavy atom. The van der Waals surface area contributed by atoms with E-state index in [0.717, 1.165) is 11.8 Å². The van der Waals surface area contributed by atoms with Crippen LogP contribution >= 0.6 is 0 Å². The van der Waals surface area contributed by atoms with Crippen molar-refractivity contribution in [2.45, 2.75) is 39.7 Å². The van der Waals surface area contributed by atoms with Gasteiger partial charge in [-0.1, -0.05) is 26.0 Å². The minimum absolute atomic E-state index is 0.179. The van der Waals surface area contributed by atoms with Crippen LogP contribution in [-0.4, -0.2) is 25.0 Å². The van der Waals surface area contributed by atoms with Gasteiger partial charge in [-0.2, -0.15) is 0 Å². The van der Waals surface area contributed by atoms with E-state index in [2.05, 4.69) is 0 Å². The van der Waals surface area contributed by atoms with Gasteiger partial charge >= 0.3 is 5.97 Å². The summed E-state index contributed by atoms with van der Waals surface area (Å²) >= 11 is 0. The van der Waals surface area contributed by atoms with Crippen molar-refractivity contribution in [1.82, 2.24) is 0 Å². The first-order chi connectivity index (χ1) is 8.95. The molecule has 4 heteroatoms. The highest BCUT2D eigenvalue weighted by Gasteiger charge is 2.14. The largest absolute Gasteiger partial charge is 0.481 e. The molecule has 0 atom stereocenters. The van der Waals surface area contributed by atoms with Crippen LogP contribution < -0.4 is 4.74 Å². The summed E-state index contributed by atoms with van der Waals surface area (Å²) in [6, 6.07) is 5.36. The number of esters is 1.